The van der Waals surface area contributed by atoms with E-state index in [1.807, 2.05) is 13.8 Å². The fraction of sp³-hybridized carbons (Fsp3) is 0.455. The molecule has 0 radical (unpaired) electrons. The maximum atomic E-state index is 12.4. The van der Waals surface area contributed by atoms with Gasteiger partial charge in [-0.05, 0) is 25.3 Å². The van der Waals surface area contributed by atoms with Crippen molar-refractivity contribution in [1.82, 2.24) is 0 Å². The third-order valence-corrected chi connectivity index (χ3v) is 2.46. The lowest BCUT2D eigenvalue weighted by Gasteiger charge is -2.11. The van der Waals surface area contributed by atoms with Crippen molar-refractivity contribution >= 4 is 11.8 Å². The second kappa shape index (κ2) is 6.05. The summed E-state index contributed by atoms with van der Waals surface area (Å²) in [6.07, 6.45) is -2.61. The van der Waals surface area contributed by atoms with Gasteiger partial charge in [0.2, 0.25) is 0 Å². The summed E-state index contributed by atoms with van der Waals surface area (Å²) < 4.78 is 37.2. The molecule has 0 N–H and O–H groups in total. The second-order valence-electron chi connectivity index (χ2n) is 2.70. The number of benzene rings is 1. The highest BCUT2D eigenvalue weighted by atomic mass is 32.2. The Morgan fingerprint density at radius 1 is 1.13 bits per heavy atom. The van der Waals surface area contributed by atoms with Crippen LogP contribution in [0.1, 0.15) is 25.0 Å². The minimum absolute atomic E-state index is 0.276. The van der Waals surface area contributed by atoms with Gasteiger partial charge in [0.15, 0.2) is 0 Å². The molecule has 0 saturated heterocycles. The first-order valence-corrected chi connectivity index (χ1v) is 5.89. The van der Waals surface area contributed by atoms with Crippen molar-refractivity contribution in [1.29, 1.82) is 0 Å². The number of hydrogen-bond acceptors (Lipinski definition) is 1. The van der Waals surface area contributed by atoms with E-state index in [4.69, 9.17) is 0 Å². The Morgan fingerprint density at radius 3 is 2.07 bits per heavy atom. The minimum Gasteiger partial charge on any atom is -0.166 e. The number of thioether (sulfide) groups is 1. The second-order valence-corrected chi connectivity index (χ2v) is 3.55. The average Bonchev–Trinajstić information content (AvgIpc) is 2.19. The molecule has 0 fully saturated rings. The Kier molecular flexibility index (Phi) is 5.80. The van der Waals surface area contributed by atoms with E-state index in [1.54, 1.807) is 19.2 Å². The van der Waals surface area contributed by atoms with Gasteiger partial charge in [-0.15, -0.1) is 11.8 Å². The Balaban J connectivity index is 0.000000921. The highest BCUT2D eigenvalue weighted by molar-refractivity contribution is 7.98. The molecule has 0 nitrogen and oxygen atoms in total. The number of alkyl halides is 3. The molecule has 1 aromatic rings. The van der Waals surface area contributed by atoms with Crippen molar-refractivity contribution in [3.05, 3.63) is 29.3 Å². The van der Waals surface area contributed by atoms with Crippen molar-refractivity contribution in [2.45, 2.75) is 31.8 Å². The maximum absolute atomic E-state index is 12.4. The largest absolute Gasteiger partial charge is 0.417 e. The zero-order chi connectivity index (χ0) is 12.1. The molecule has 0 atom stereocenters. The smallest absolute Gasteiger partial charge is 0.166 e. The van der Waals surface area contributed by atoms with Gasteiger partial charge >= 0.3 is 6.18 Å². The van der Waals surface area contributed by atoms with Gasteiger partial charge in [-0.25, -0.2) is 0 Å². The summed E-state index contributed by atoms with van der Waals surface area (Å²) in [6.45, 7) is 5.65. The summed E-state index contributed by atoms with van der Waals surface area (Å²) in [5, 5.41) is 0. The molecule has 0 aliphatic carbocycles. The predicted molar refractivity (Wildman–Crippen MR) is 59.3 cm³/mol. The summed E-state index contributed by atoms with van der Waals surface area (Å²) >= 11 is 1.11. The number of rotatable bonds is 1. The minimum atomic E-state index is -4.25. The maximum Gasteiger partial charge on any atom is 0.417 e. The van der Waals surface area contributed by atoms with Crippen LogP contribution < -0.4 is 0 Å². The van der Waals surface area contributed by atoms with Crippen LogP contribution in [-0.4, -0.2) is 6.26 Å². The van der Waals surface area contributed by atoms with E-state index in [0.29, 0.717) is 5.56 Å². The van der Waals surface area contributed by atoms with E-state index < -0.39 is 11.7 Å². The van der Waals surface area contributed by atoms with Crippen molar-refractivity contribution in [3.63, 3.8) is 0 Å². The quantitative estimate of drug-likeness (QED) is 0.633. The summed E-state index contributed by atoms with van der Waals surface area (Å²) in [4.78, 5) is 0.276. The topological polar surface area (TPSA) is 0 Å². The summed E-state index contributed by atoms with van der Waals surface area (Å²) in [5.74, 6) is 0. The van der Waals surface area contributed by atoms with Gasteiger partial charge < -0.3 is 0 Å². The standard InChI is InChI=1S/C9H9F3S.C2H6/c1-6-3-4-8(13-2)7(5-6)9(10,11)12;1-2/h3-5H,1-2H3;1-2H3. The molecule has 0 aliphatic heterocycles. The van der Waals surface area contributed by atoms with Gasteiger partial charge in [-0.1, -0.05) is 25.5 Å². The Morgan fingerprint density at radius 2 is 1.67 bits per heavy atom. The molecule has 0 unspecified atom stereocenters. The van der Waals surface area contributed by atoms with E-state index in [0.717, 1.165) is 11.8 Å². The fourth-order valence-corrected chi connectivity index (χ4v) is 1.64. The van der Waals surface area contributed by atoms with E-state index in [2.05, 4.69) is 0 Å². The van der Waals surface area contributed by atoms with Crippen molar-refractivity contribution in [3.8, 4) is 0 Å². The Bertz CT molecular complexity index is 305. The third kappa shape index (κ3) is 4.16. The SMILES string of the molecule is CC.CSc1ccc(C)cc1C(F)(F)F. The van der Waals surface area contributed by atoms with Crippen molar-refractivity contribution in [2.24, 2.45) is 0 Å². The summed E-state index contributed by atoms with van der Waals surface area (Å²) in [5.41, 5.74) is 0.0881. The molecule has 0 heterocycles. The van der Waals surface area contributed by atoms with E-state index in [-0.39, 0.29) is 4.90 Å². The van der Waals surface area contributed by atoms with Gasteiger partial charge in [-0.3, -0.25) is 0 Å². The highest BCUT2D eigenvalue weighted by Gasteiger charge is 2.33. The predicted octanol–water partition coefficient (Wildman–Crippen LogP) is 4.76. The average molecular weight is 236 g/mol. The van der Waals surface area contributed by atoms with E-state index in [1.165, 1.54) is 12.1 Å². The molecule has 0 amide bonds. The van der Waals surface area contributed by atoms with Crippen molar-refractivity contribution < 1.29 is 13.2 Å². The molecule has 86 valence electrons. The summed E-state index contributed by atoms with van der Waals surface area (Å²) in [7, 11) is 0. The van der Waals surface area contributed by atoms with Crippen LogP contribution in [0.3, 0.4) is 0 Å². The summed E-state index contributed by atoms with van der Waals surface area (Å²) in [6, 6.07) is 4.36. The van der Waals surface area contributed by atoms with Gasteiger partial charge in [-0.2, -0.15) is 13.2 Å². The molecule has 15 heavy (non-hydrogen) atoms. The van der Waals surface area contributed by atoms with Crippen LogP contribution in [-0.2, 0) is 6.18 Å². The van der Waals surface area contributed by atoms with Gasteiger partial charge in [0.05, 0.1) is 5.56 Å². The van der Waals surface area contributed by atoms with Crippen molar-refractivity contribution in [2.75, 3.05) is 6.26 Å². The Hall–Kier alpha value is -0.640. The zero-order valence-electron chi connectivity index (χ0n) is 9.27. The van der Waals surface area contributed by atoms with Crippen LogP contribution in [0.15, 0.2) is 23.1 Å². The van der Waals surface area contributed by atoms with Crippen LogP contribution >= 0.6 is 11.8 Å². The molecule has 1 rings (SSSR count). The molecule has 0 saturated carbocycles. The highest BCUT2D eigenvalue weighted by Crippen LogP contribution is 2.36. The van der Waals surface area contributed by atoms with Gasteiger partial charge in [0.1, 0.15) is 0 Å². The molecule has 4 heteroatoms. The van der Waals surface area contributed by atoms with E-state index >= 15 is 0 Å². The Labute approximate surface area is 92.9 Å². The van der Waals surface area contributed by atoms with Crippen LogP contribution in [0.2, 0.25) is 0 Å². The molecule has 0 spiro atoms. The molecule has 1 aromatic carbocycles. The molecule has 0 bridgehead atoms. The van der Waals surface area contributed by atoms with Crippen LogP contribution in [0, 0.1) is 6.92 Å². The number of aryl methyl sites for hydroxylation is 1. The third-order valence-electron chi connectivity index (χ3n) is 1.66. The normalized spacial score (nSPS) is 10.6. The van der Waals surface area contributed by atoms with Crippen LogP contribution in [0.4, 0.5) is 13.2 Å². The van der Waals surface area contributed by atoms with Gasteiger partial charge in [0.25, 0.3) is 0 Å². The fourth-order valence-electron chi connectivity index (χ4n) is 1.04. The number of halogens is 3. The van der Waals surface area contributed by atoms with Crippen LogP contribution in [0.25, 0.3) is 0 Å². The first-order chi connectivity index (χ1) is 6.95. The lowest BCUT2D eigenvalue weighted by molar-refractivity contribution is -0.139. The van der Waals surface area contributed by atoms with Gasteiger partial charge in [0, 0.05) is 4.90 Å². The monoisotopic (exact) mass is 236 g/mol. The molecular weight excluding hydrogens is 221 g/mol. The molecular formula is C11H15F3S. The number of hydrogen-bond donors (Lipinski definition) is 0. The lowest BCUT2D eigenvalue weighted by atomic mass is 10.1. The first-order valence-electron chi connectivity index (χ1n) is 4.67. The lowest BCUT2D eigenvalue weighted by Crippen LogP contribution is -2.06. The molecule has 0 aromatic heterocycles. The van der Waals surface area contributed by atoms with Crippen LogP contribution in [0.5, 0.6) is 0 Å². The van der Waals surface area contributed by atoms with E-state index in [9.17, 15) is 13.2 Å². The zero-order valence-corrected chi connectivity index (χ0v) is 10.1. The first kappa shape index (κ1) is 14.4. The molecule has 0 aliphatic rings.